The molecule has 0 unspecified atom stereocenters. The first kappa shape index (κ1) is 15.6. The van der Waals surface area contributed by atoms with E-state index in [9.17, 15) is 4.79 Å². The van der Waals surface area contributed by atoms with Gasteiger partial charge in [-0.05, 0) is 55.8 Å². The summed E-state index contributed by atoms with van der Waals surface area (Å²) < 4.78 is 12.2. The Morgan fingerprint density at radius 1 is 1.10 bits per heavy atom. The molecule has 2 rings (SSSR count). The van der Waals surface area contributed by atoms with Gasteiger partial charge in [0.05, 0.1) is 12.2 Å². The van der Waals surface area contributed by atoms with Crippen molar-refractivity contribution < 1.29 is 14.3 Å². The Morgan fingerprint density at radius 3 is 2.38 bits per heavy atom. The molecule has 0 bridgehead atoms. The number of Topliss-reactive ketones (excluding diaryl/α,β-unsaturated/α-hetero) is 1. The van der Waals surface area contributed by atoms with Gasteiger partial charge in [-0.2, -0.15) is 0 Å². The maximum Gasteiger partial charge on any atom is 0.163 e. The Kier molecular flexibility index (Phi) is 5.39. The average Bonchev–Trinajstić information content (AvgIpc) is 2.46. The lowest BCUT2D eigenvalue weighted by molar-refractivity contribution is 0.101. The van der Waals surface area contributed by atoms with Crippen molar-refractivity contribution in [2.45, 2.75) is 20.3 Å². The third-order valence-electron chi connectivity index (χ3n) is 2.85. The van der Waals surface area contributed by atoms with Gasteiger partial charge in [-0.15, -0.1) is 0 Å². The minimum Gasteiger partial charge on any atom is -0.494 e. The highest BCUT2D eigenvalue weighted by atomic mass is 79.9. The fourth-order valence-electron chi connectivity index (χ4n) is 1.82. The molecule has 0 aromatic heterocycles. The zero-order chi connectivity index (χ0) is 15.2. The van der Waals surface area contributed by atoms with Crippen molar-refractivity contribution in [1.82, 2.24) is 0 Å². The Hall–Kier alpha value is -1.81. The van der Waals surface area contributed by atoms with E-state index in [1.807, 2.05) is 30.3 Å². The minimum absolute atomic E-state index is 0.0274. The zero-order valence-corrected chi connectivity index (χ0v) is 13.6. The summed E-state index contributed by atoms with van der Waals surface area (Å²) in [7, 11) is 0. The van der Waals surface area contributed by atoms with Gasteiger partial charge >= 0.3 is 0 Å². The lowest BCUT2D eigenvalue weighted by Gasteiger charge is -2.11. The summed E-state index contributed by atoms with van der Waals surface area (Å²) >= 11 is 3.39. The molecule has 0 amide bonds. The van der Waals surface area contributed by atoms with Crippen LogP contribution in [-0.4, -0.2) is 12.4 Å². The fourth-order valence-corrected chi connectivity index (χ4v) is 2.16. The number of carbonyl (C=O) groups is 1. The van der Waals surface area contributed by atoms with Crippen LogP contribution in [0.5, 0.6) is 17.2 Å². The predicted molar refractivity (Wildman–Crippen MR) is 86.4 cm³/mol. The van der Waals surface area contributed by atoms with Crippen molar-refractivity contribution in [3.63, 3.8) is 0 Å². The van der Waals surface area contributed by atoms with Gasteiger partial charge in [-0.1, -0.05) is 22.9 Å². The van der Waals surface area contributed by atoms with Crippen LogP contribution in [0.1, 0.15) is 30.6 Å². The van der Waals surface area contributed by atoms with Gasteiger partial charge in [0.1, 0.15) is 17.2 Å². The molecule has 0 N–H and O–H groups in total. The van der Waals surface area contributed by atoms with Crippen LogP contribution in [0.25, 0.3) is 0 Å². The maximum absolute atomic E-state index is 11.6. The highest BCUT2D eigenvalue weighted by Crippen LogP contribution is 2.30. The molecule has 0 aliphatic heterocycles. The monoisotopic (exact) mass is 348 g/mol. The van der Waals surface area contributed by atoms with E-state index >= 15 is 0 Å². The Balaban J connectivity index is 2.18. The Bertz CT molecular complexity index is 620. The summed E-state index contributed by atoms with van der Waals surface area (Å²) in [4.78, 5) is 11.6. The van der Waals surface area contributed by atoms with E-state index in [0.717, 1.165) is 16.6 Å². The lowest BCUT2D eigenvalue weighted by atomic mass is 10.1. The van der Waals surface area contributed by atoms with Gasteiger partial charge in [-0.3, -0.25) is 4.79 Å². The topological polar surface area (TPSA) is 35.5 Å². The maximum atomic E-state index is 11.6. The van der Waals surface area contributed by atoms with Gasteiger partial charge in [0.2, 0.25) is 0 Å². The van der Waals surface area contributed by atoms with Gasteiger partial charge in [0, 0.05) is 4.47 Å². The molecule has 0 heterocycles. The predicted octanol–water partition coefficient (Wildman–Crippen LogP) is 5.23. The highest BCUT2D eigenvalue weighted by Gasteiger charge is 2.10. The van der Waals surface area contributed by atoms with Crippen molar-refractivity contribution in [1.29, 1.82) is 0 Å². The number of hydrogen-bond donors (Lipinski definition) is 0. The van der Waals surface area contributed by atoms with Gasteiger partial charge in [0.15, 0.2) is 5.78 Å². The Labute approximate surface area is 133 Å². The number of rotatable bonds is 6. The summed E-state index contributed by atoms with van der Waals surface area (Å²) in [5.41, 5.74) is 0.560. The number of halogens is 1. The standard InChI is InChI=1S/C17H17BrO3/c1-3-10-20-14-5-7-15(8-6-14)21-17-11-13(18)4-9-16(17)12(2)19/h4-9,11H,3,10H2,1-2H3. The molecule has 3 nitrogen and oxygen atoms in total. The van der Waals surface area contributed by atoms with Crippen LogP contribution in [0.15, 0.2) is 46.9 Å². The van der Waals surface area contributed by atoms with E-state index in [4.69, 9.17) is 9.47 Å². The fraction of sp³-hybridized carbons (Fsp3) is 0.235. The van der Waals surface area contributed by atoms with E-state index in [-0.39, 0.29) is 5.78 Å². The first-order valence-corrected chi connectivity index (χ1v) is 7.60. The molecule has 0 atom stereocenters. The number of carbonyl (C=O) groups excluding carboxylic acids is 1. The van der Waals surface area contributed by atoms with E-state index in [0.29, 0.717) is 23.7 Å². The van der Waals surface area contributed by atoms with E-state index in [1.165, 1.54) is 6.92 Å². The molecule has 2 aromatic rings. The largest absolute Gasteiger partial charge is 0.494 e. The van der Waals surface area contributed by atoms with Crippen LogP contribution in [0.4, 0.5) is 0 Å². The summed E-state index contributed by atoms with van der Waals surface area (Å²) in [5.74, 6) is 1.99. The molecule has 4 heteroatoms. The minimum atomic E-state index is -0.0274. The van der Waals surface area contributed by atoms with Crippen molar-refractivity contribution in [2.75, 3.05) is 6.61 Å². The van der Waals surface area contributed by atoms with E-state index in [1.54, 1.807) is 12.1 Å². The molecule has 0 fully saturated rings. The summed E-state index contributed by atoms with van der Waals surface area (Å²) in [6, 6.07) is 12.7. The van der Waals surface area contributed by atoms with E-state index in [2.05, 4.69) is 22.9 Å². The molecule has 2 aromatic carbocycles. The summed E-state index contributed by atoms with van der Waals surface area (Å²) in [6.07, 6.45) is 0.971. The lowest BCUT2D eigenvalue weighted by Crippen LogP contribution is -1.97. The quantitative estimate of drug-likeness (QED) is 0.670. The second kappa shape index (κ2) is 7.27. The zero-order valence-electron chi connectivity index (χ0n) is 12.1. The van der Waals surface area contributed by atoms with Crippen LogP contribution in [0.3, 0.4) is 0 Å². The third kappa shape index (κ3) is 4.33. The second-order valence-corrected chi connectivity index (χ2v) is 5.53. The molecule has 0 saturated heterocycles. The first-order valence-electron chi connectivity index (χ1n) is 6.81. The second-order valence-electron chi connectivity index (χ2n) is 4.62. The van der Waals surface area contributed by atoms with Crippen molar-refractivity contribution in [2.24, 2.45) is 0 Å². The number of ketones is 1. The van der Waals surface area contributed by atoms with Crippen molar-refractivity contribution >= 4 is 21.7 Å². The molecule has 110 valence electrons. The molecule has 0 saturated carbocycles. The van der Waals surface area contributed by atoms with Crippen molar-refractivity contribution in [3.05, 3.63) is 52.5 Å². The van der Waals surface area contributed by atoms with Crippen LogP contribution >= 0.6 is 15.9 Å². The number of hydrogen-bond acceptors (Lipinski definition) is 3. The van der Waals surface area contributed by atoms with Gasteiger partial charge < -0.3 is 9.47 Å². The summed E-state index contributed by atoms with van der Waals surface area (Å²) in [5, 5.41) is 0. The molecule has 0 aliphatic rings. The highest BCUT2D eigenvalue weighted by molar-refractivity contribution is 9.10. The van der Waals surface area contributed by atoms with Gasteiger partial charge in [-0.25, -0.2) is 0 Å². The smallest absolute Gasteiger partial charge is 0.163 e. The molecule has 0 aliphatic carbocycles. The third-order valence-corrected chi connectivity index (χ3v) is 3.34. The first-order chi connectivity index (χ1) is 10.1. The van der Waals surface area contributed by atoms with Crippen LogP contribution in [-0.2, 0) is 0 Å². The van der Waals surface area contributed by atoms with Crippen LogP contribution in [0, 0.1) is 0 Å². The molecular formula is C17H17BrO3. The van der Waals surface area contributed by atoms with Crippen LogP contribution in [0.2, 0.25) is 0 Å². The number of ether oxygens (including phenoxy) is 2. The summed E-state index contributed by atoms with van der Waals surface area (Å²) in [6.45, 7) is 4.28. The molecule has 0 radical (unpaired) electrons. The Morgan fingerprint density at radius 2 is 1.76 bits per heavy atom. The SMILES string of the molecule is CCCOc1ccc(Oc2cc(Br)ccc2C(C)=O)cc1. The molecular weight excluding hydrogens is 332 g/mol. The van der Waals surface area contributed by atoms with Crippen molar-refractivity contribution in [3.8, 4) is 17.2 Å². The molecule has 0 spiro atoms. The normalized spacial score (nSPS) is 10.2. The average molecular weight is 349 g/mol. The van der Waals surface area contributed by atoms with E-state index < -0.39 is 0 Å². The van der Waals surface area contributed by atoms with Crippen LogP contribution < -0.4 is 9.47 Å². The number of benzene rings is 2. The molecule has 21 heavy (non-hydrogen) atoms. The van der Waals surface area contributed by atoms with Gasteiger partial charge in [0.25, 0.3) is 0 Å².